The zero-order valence-corrected chi connectivity index (χ0v) is 30.2. The molecule has 0 amide bonds. The van der Waals surface area contributed by atoms with Crippen LogP contribution in [0.15, 0.2) is 70.6 Å². The summed E-state index contributed by atoms with van der Waals surface area (Å²) in [6.07, 6.45) is 0. The standard InChI is InChI=1S/C34H36N2O2.2C2H6N.V/c1-19-15-23(5)29(24(6)16-19)33(37)35-27-13-9-11-21(3)31(27)32-22(4)12-10-14-28(32)36-34(38)30-25(7)17-20(2)18-26(30)8;2*1-3-2;/h9-18H,1-8H3,(H,35,37)(H,36,38);2*1-2H3;/q;2*-1;+4/p-2. The zero-order valence-electron chi connectivity index (χ0n) is 28.8. The second kappa shape index (κ2) is 18.3. The summed E-state index contributed by atoms with van der Waals surface area (Å²) >= 11 is 0. The van der Waals surface area contributed by atoms with E-state index in [-0.39, 0.29) is 30.4 Å². The second-order valence-corrected chi connectivity index (χ2v) is 11.2. The molecule has 0 heterocycles. The van der Waals surface area contributed by atoms with Crippen LogP contribution in [0.5, 0.6) is 0 Å². The molecule has 0 fully saturated rings. The Hall–Kier alpha value is -3.68. The van der Waals surface area contributed by atoms with Crippen molar-refractivity contribution in [2.24, 2.45) is 9.98 Å². The van der Waals surface area contributed by atoms with Crippen molar-refractivity contribution in [3.63, 3.8) is 0 Å². The quantitative estimate of drug-likeness (QED) is 0.163. The van der Waals surface area contributed by atoms with E-state index in [1.807, 2.05) is 116 Å². The van der Waals surface area contributed by atoms with Gasteiger partial charge in [-0.3, -0.25) is 9.98 Å². The topological polar surface area (TPSA) is 99.0 Å². The molecule has 0 N–H and O–H groups in total. The maximum absolute atomic E-state index is 13.5. The number of hydrogen-bond acceptors (Lipinski definition) is 4. The van der Waals surface area contributed by atoms with Crippen molar-refractivity contribution in [3.05, 3.63) is 127 Å². The fourth-order valence-corrected chi connectivity index (χ4v) is 5.51. The summed E-state index contributed by atoms with van der Waals surface area (Å²) in [4.78, 5) is 9.22. The Bertz CT molecular complexity index is 1490. The van der Waals surface area contributed by atoms with Crippen molar-refractivity contribution >= 4 is 23.2 Å². The van der Waals surface area contributed by atoms with E-state index in [0.717, 1.165) is 55.6 Å². The van der Waals surface area contributed by atoms with Gasteiger partial charge in [-0.15, -0.1) is 0 Å². The third kappa shape index (κ3) is 10.2. The summed E-state index contributed by atoms with van der Waals surface area (Å²) in [5, 5.41) is 33.9. The molecular formula is C38H46N4O2V. The smallest absolute Gasteiger partial charge is 0.858 e. The van der Waals surface area contributed by atoms with Crippen molar-refractivity contribution < 1.29 is 28.8 Å². The van der Waals surface area contributed by atoms with Gasteiger partial charge in [0, 0.05) is 11.1 Å². The van der Waals surface area contributed by atoms with E-state index in [9.17, 15) is 10.2 Å². The molecule has 235 valence electrons. The van der Waals surface area contributed by atoms with E-state index < -0.39 is 0 Å². The molecule has 0 saturated carbocycles. The molecule has 0 aliphatic rings. The van der Waals surface area contributed by atoms with E-state index in [1.54, 1.807) is 28.2 Å². The summed E-state index contributed by atoms with van der Waals surface area (Å²) in [6.45, 7) is 15.8. The summed E-state index contributed by atoms with van der Waals surface area (Å²) < 4.78 is 0. The number of nitrogens with zero attached hydrogens (tertiary/aromatic N) is 4. The molecule has 0 saturated heterocycles. The van der Waals surface area contributed by atoms with E-state index in [1.165, 1.54) is 0 Å². The van der Waals surface area contributed by atoms with E-state index in [4.69, 9.17) is 0 Å². The van der Waals surface area contributed by atoms with Gasteiger partial charge < -0.3 is 20.8 Å². The Morgan fingerprint density at radius 1 is 0.489 bits per heavy atom. The molecule has 45 heavy (non-hydrogen) atoms. The number of rotatable bonds is 5. The number of benzene rings is 4. The predicted molar refractivity (Wildman–Crippen MR) is 185 cm³/mol. The molecule has 6 nitrogen and oxygen atoms in total. The SMILES string of the molecule is C[N-]C.C[N-]C.Cc1cc(C)c(C([O-])=Nc2cccc(C)c2-c2c(C)cccc2N=C([O-])c2c(C)cc(C)cc2C)c(C)c1.[V+4]. The van der Waals surface area contributed by atoms with Gasteiger partial charge in [-0.25, -0.2) is 0 Å². The van der Waals surface area contributed by atoms with Crippen LogP contribution in [-0.2, 0) is 18.6 Å². The molecule has 4 aromatic carbocycles. The minimum Gasteiger partial charge on any atom is -0.858 e. The zero-order chi connectivity index (χ0) is 33.1. The van der Waals surface area contributed by atoms with Crippen LogP contribution in [0.1, 0.15) is 55.6 Å². The second-order valence-electron chi connectivity index (χ2n) is 11.2. The van der Waals surface area contributed by atoms with Gasteiger partial charge in [0.2, 0.25) is 0 Å². The van der Waals surface area contributed by atoms with Crippen LogP contribution in [0.25, 0.3) is 21.8 Å². The Kier molecular flexibility index (Phi) is 16.0. The first-order chi connectivity index (χ1) is 20.8. The van der Waals surface area contributed by atoms with Crippen molar-refractivity contribution in [2.75, 3.05) is 28.2 Å². The number of hydrogen-bond donors (Lipinski definition) is 0. The molecule has 0 spiro atoms. The summed E-state index contributed by atoms with van der Waals surface area (Å²) in [5.74, 6) is -0.554. The van der Waals surface area contributed by atoms with Gasteiger partial charge >= 0.3 is 18.6 Å². The molecule has 0 aliphatic carbocycles. The molecule has 0 aliphatic heterocycles. The molecule has 0 unspecified atom stereocenters. The van der Waals surface area contributed by atoms with Gasteiger partial charge in [-0.05, 0) is 124 Å². The first-order valence-corrected chi connectivity index (χ1v) is 14.6. The van der Waals surface area contributed by atoms with Crippen LogP contribution in [0.3, 0.4) is 0 Å². The third-order valence-electron chi connectivity index (χ3n) is 6.98. The Morgan fingerprint density at radius 3 is 1.02 bits per heavy atom. The average molecular weight is 642 g/mol. The molecule has 0 aromatic heterocycles. The van der Waals surface area contributed by atoms with E-state index in [0.29, 0.717) is 22.5 Å². The Balaban J connectivity index is 0.00000134. The largest absolute Gasteiger partial charge is 4.00 e. The van der Waals surface area contributed by atoms with Gasteiger partial charge in [-0.1, -0.05) is 59.7 Å². The van der Waals surface area contributed by atoms with Gasteiger partial charge in [0.1, 0.15) is 0 Å². The van der Waals surface area contributed by atoms with Crippen LogP contribution in [0.2, 0.25) is 0 Å². The van der Waals surface area contributed by atoms with Crippen molar-refractivity contribution in [1.82, 2.24) is 0 Å². The molecule has 4 aromatic rings. The molecule has 7 heteroatoms. The maximum Gasteiger partial charge on any atom is 4.00 e. The molecule has 0 bridgehead atoms. The van der Waals surface area contributed by atoms with Crippen molar-refractivity contribution in [1.29, 1.82) is 0 Å². The summed E-state index contributed by atoms with van der Waals surface area (Å²) in [6, 6.07) is 19.5. The molecule has 4 rings (SSSR count). The summed E-state index contributed by atoms with van der Waals surface area (Å²) in [5.41, 5.74) is 11.8. The van der Waals surface area contributed by atoms with Gasteiger partial charge in [-0.2, -0.15) is 28.2 Å². The maximum atomic E-state index is 13.5. The third-order valence-corrected chi connectivity index (χ3v) is 6.98. The fourth-order valence-electron chi connectivity index (χ4n) is 5.51. The fraction of sp³-hybridized carbons (Fsp3) is 0.316. The van der Waals surface area contributed by atoms with Crippen LogP contribution in [-0.4, -0.2) is 40.0 Å². The van der Waals surface area contributed by atoms with Gasteiger partial charge in [0.15, 0.2) is 0 Å². The number of aliphatic imine (C=N–C) groups is 2. The monoisotopic (exact) mass is 641 g/mol. The first kappa shape index (κ1) is 39.3. The number of aryl methyl sites for hydroxylation is 8. The minimum absolute atomic E-state index is 0. The van der Waals surface area contributed by atoms with Gasteiger partial charge in [0.25, 0.3) is 0 Å². The predicted octanol–water partition coefficient (Wildman–Crippen LogP) is 7.94. The first-order valence-electron chi connectivity index (χ1n) is 14.6. The van der Waals surface area contributed by atoms with Crippen molar-refractivity contribution in [3.8, 4) is 11.1 Å². The van der Waals surface area contributed by atoms with Crippen LogP contribution in [0, 0.1) is 55.4 Å². The molecule has 1 radical (unpaired) electrons. The van der Waals surface area contributed by atoms with Crippen molar-refractivity contribution in [2.45, 2.75) is 55.4 Å². The Labute approximate surface area is 282 Å². The minimum atomic E-state index is -0.277. The van der Waals surface area contributed by atoms with Gasteiger partial charge in [0.05, 0.1) is 11.4 Å². The van der Waals surface area contributed by atoms with E-state index in [2.05, 4.69) is 20.6 Å². The normalized spacial score (nSPS) is 11.1. The van der Waals surface area contributed by atoms with E-state index >= 15 is 0 Å². The van der Waals surface area contributed by atoms with Crippen LogP contribution in [0.4, 0.5) is 11.4 Å². The summed E-state index contributed by atoms with van der Waals surface area (Å²) in [7, 11) is 7.00. The van der Waals surface area contributed by atoms with Crippen LogP contribution >= 0.6 is 0 Å². The van der Waals surface area contributed by atoms with Crippen LogP contribution < -0.4 is 10.2 Å². The molecule has 0 atom stereocenters. The molecular weight excluding hydrogens is 595 g/mol. The Morgan fingerprint density at radius 2 is 0.756 bits per heavy atom. The average Bonchev–Trinajstić information content (AvgIpc) is 2.89.